The van der Waals surface area contributed by atoms with Gasteiger partial charge in [-0.2, -0.15) is 5.26 Å². The molecule has 0 radical (unpaired) electrons. The molecule has 3 nitrogen and oxygen atoms in total. The zero-order valence-corrected chi connectivity index (χ0v) is 8.90. The third-order valence-electron chi connectivity index (χ3n) is 3.11. The normalized spacial score (nSPS) is 24.8. The molecule has 1 aliphatic rings. The second-order valence-electron chi connectivity index (χ2n) is 4.17. The minimum absolute atomic E-state index is 0.479. The molecular formula is C12H15N3. The molecule has 2 unspecified atom stereocenters. The number of nitrogens with one attached hydrogen (secondary N) is 1. The number of rotatable bonds is 2. The summed E-state index contributed by atoms with van der Waals surface area (Å²) in [5.74, 6) is 1.41. The summed E-state index contributed by atoms with van der Waals surface area (Å²) in [6, 6.07) is 6.23. The zero-order chi connectivity index (χ0) is 10.7. The second-order valence-corrected chi connectivity index (χ2v) is 4.17. The summed E-state index contributed by atoms with van der Waals surface area (Å²) >= 11 is 0. The molecule has 0 spiro atoms. The van der Waals surface area contributed by atoms with E-state index in [0.717, 1.165) is 5.82 Å². The van der Waals surface area contributed by atoms with Crippen LogP contribution in [0.25, 0.3) is 0 Å². The first-order valence-electron chi connectivity index (χ1n) is 5.43. The quantitative estimate of drug-likeness (QED) is 0.800. The van der Waals surface area contributed by atoms with Gasteiger partial charge in [-0.3, -0.25) is 0 Å². The summed E-state index contributed by atoms with van der Waals surface area (Å²) in [5, 5.41) is 12.3. The van der Waals surface area contributed by atoms with Crippen molar-refractivity contribution in [1.82, 2.24) is 4.98 Å². The van der Waals surface area contributed by atoms with Crippen LogP contribution in [0.3, 0.4) is 0 Å². The molecule has 2 rings (SSSR count). The van der Waals surface area contributed by atoms with Crippen molar-refractivity contribution in [3.63, 3.8) is 0 Å². The monoisotopic (exact) mass is 201 g/mol. The van der Waals surface area contributed by atoms with Crippen molar-refractivity contribution in [2.45, 2.75) is 32.2 Å². The fourth-order valence-electron chi connectivity index (χ4n) is 2.15. The molecular weight excluding hydrogens is 186 g/mol. The number of pyridine rings is 1. The molecule has 1 aromatic heterocycles. The third kappa shape index (κ3) is 2.10. The lowest BCUT2D eigenvalue weighted by molar-refractivity contribution is 0.555. The van der Waals surface area contributed by atoms with Crippen LogP contribution in [-0.4, -0.2) is 11.0 Å². The zero-order valence-electron chi connectivity index (χ0n) is 8.90. The van der Waals surface area contributed by atoms with E-state index in [0.29, 0.717) is 17.5 Å². The maximum absolute atomic E-state index is 8.93. The largest absolute Gasteiger partial charge is 0.366 e. The van der Waals surface area contributed by atoms with Crippen LogP contribution in [-0.2, 0) is 0 Å². The molecule has 1 fully saturated rings. The van der Waals surface area contributed by atoms with E-state index in [1.807, 2.05) is 0 Å². The molecule has 1 N–H and O–H groups in total. The third-order valence-corrected chi connectivity index (χ3v) is 3.11. The minimum Gasteiger partial charge on any atom is -0.366 e. The summed E-state index contributed by atoms with van der Waals surface area (Å²) in [6.07, 6.45) is 5.45. The van der Waals surface area contributed by atoms with Gasteiger partial charge in [0.2, 0.25) is 0 Å². The van der Waals surface area contributed by atoms with E-state index in [9.17, 15) is 0 Å². The van der Waals surface area contributed by atoms with Gasteiger partial charge in [-0.25, -0.2) is 4.98 Å². The molecule has 3 heteroatoms. The van der Waals surface area contributed by atoms with Gasteiger partial charge in [-0.15, -0.1) is 0 Å². The highest BCUT2D eigenvalue weighted by Gasteiger charge is 2.23. The van der Waals surface area contributed by atoms with E-state index in [1.165, 1.54) is 19.3 Å². The van der Waals surface area contributed by atoms with Gasteiger partial charge in [0.05, 0.1) is 5.56 Å². The standard InChI is InChI=1S/C12H15N3/c1-9-4-2-6-11(9)15-12-10(8-13)5-3-7-14-12/h3,5,7,9,11H,2,4,6H2,1H3,(H,14,15). The fourth-order valence-corrected chi connectivity index (χ4v) is 2.15. The van der Waals surface area contributed by atoms with Gasteiger partial charge < -0.3 is 5.32 Å². The predicted octanol–water partition coefficient (Wildman–Crippen LogP) is 2.55. The Labute approximate surface area is 90.1 Å². The van der Waals surface area contributed by atoms with E-state index in [-0.39, 0.29) is 0 Å². The average molecular weight is 201 g/mol. The van der Waals surface area contributed by atoms with Gasteiger partial charge in [0.15, 0.2) is 0 Å². The first-order valence-corrected chi connectivity index (χ1v) is 5.43. The average Bonchev–Trinajstić information content (AvgIpc) is 2.65. The number of aromatic nitrogens is 1. The number of nitriles is 1. The van der Waals surface area contributed by atoms with E-state index < -0.39 is 0 Å². The van der Waals surface area contributed by atoms with Gasteiger partial charge in [0.1, 0.15) is 11.9 Å². The molecule has 0 bridgehead atoms. The molecule has 0 saturated heterocycles. The van der Waals surface area contributed by atoms with Crippen molar-refractivity contribution in [2.75, 3.05) is 5.32 Å². The summed E-state index contributed by atoms with van der Waals surface area (Å²) in [4.78, 5) is 4.21. The Kier molecular flexibility index (Phi) is 2.86. The van der Waals surface area contributed by atoms with Crippen molar-refractivity contribution in [3.05, 3.63) is 23.9 Å². The second kappa shape index (κ2) is 4.31. The van der Waals surface area contributed by atoms with Gasteiger partial charge in [-0.05, 0) is 30.9 Å². The molecule has 2 atom stereocenters. The Morgan fingerprint density at radius 1 is 1.53 bits per heavy atom. The first-order chi connectivity index (χ1) is 7.31. The van der Waals surface area contributed by atoms with Crippen molar-refractivity contribution < 1.29 is 0 Å². The number of nitrogens with zero attached hydrogens (tertiary/aromatic N) is 2. The highest BCUT2D eigenvalue weighted by atomic mass is 15.0. The van der Waals surface area contributed by atoms with E-state index in [1.54, 1.807) is 18.3 Å². The Morgan fingerprint density at radius 3 is 3.07 bits per heavy atom. The van der Waals surface area contributed by atoms with Gasteiger partial charge in [0.25, 0.3) is 0 Å². The van der Waals surface area contributed by atoms with Crippen molar-refractivity contribution in [3.8, 4) is 6.07 Å². The van der Waals surface area contributed by atoms with Crippen LogP contribution in [0.2, 0.25) is 0 Å². The SMILES string of the molecule is CC1CCCC1Nc1ncccc1C#N. The Balaban J connectivity index is 2.14. The summed E-state index contributed by atoms with van der Waals surface area (Å²) in [5.41, 5.74) is 0.636. The molecule has 15 heavy (non-hydrogen) atoms. The number of hydrogen-bond donors (Lipinski definition) is 1. The molecule has 1 heterocycles. The van der Waals surface area contributed by atoms with Crippen LogP contribution in [0.4, 0.5) is 5.82 Å². The van der Waals surface area contributed by atoms with Gasteiger partial charge in [0, 0.05) is 12.2 Å². The Bertz CT molecular complexity index is 381. The maximum atomic E-state index is 8.93. The molecule has 1 saturated carbocycles. The Hall–Kier alpha value is -1.56. The lowest BCUT2D eigenvalue weighted by Gasteiger charge is -2.18. The molecule has 1 aliphatic carbocycles. The number of hydrogen-bond acceptors (Lipinski definition) is 3. The summed E-state index contributed by atoms with van der Waals surface area (Å²) in [7, 11) is 0. The molecule has 0 aromatic carbocycles. The smallest absolute Gasteiger partial charge is 0.144 e. The lowest BCUT2D eigenvalue weighted by atomic mass is 10.1. The Morgan fingerprint density at radius 2 is 2.40 bits per heavy atom. The van der Waals surface area contributed by atoms with Crippen LogP contribution >= 0.6 is 0 Å². The van der Waals surface area contributed by atoms with Crippen LogP contribution in [0.15, 0.2) is 18.3 Å². The van der Waals surface area contributed by atoms with Crippen molar-refractivity contribution in [1.29, 1.82) is 5.26 Å². The van der Waals surface area contributed by atoms with Crippen LogP contribution < -0.4 is 5.32 Å². The summed E-state index contributed by atoms with van der Waals surface area (Å²) < 4.78 is 0. The molecule has 78 valence electrons. The maximum Gasteiger partial charge on any atom is 0.144 e. The van der Waals surface area contributed by atoms with Crippen LogP contribution in [0.1, 0.15) is 31.7 Å². The fraction of sp³-hybridized carbons (Fsp3) is 0.500. The molecule has 0 aliphatic heterocycles. The van der Waals surface area contributed by atoms with Crippen molar-refractivity contribution in [2.24, 2.45) is 5.92 Å². The topological polar surface area (TPSA) is 48.7 Å². The highest BCUT2D eigenvalue weighted by molar-refractivity contribution is 5.51. The highest BCUT2D eigenvalue weighted by Crippen LogP contribution is 2.28. The van der Waals surface area contributed by atoms with Gasteiger partial charge in [-0.1, -0.05) is 13.3 Å². The van der Waals surface area contributed by atoms with E-state index in [2.05, 4.69) is 23.3 Å². The molecule has 1 aromatic rings. The van der Waals surface area contributed by atoms with E-state index >= 15 is 0 Å². The van der Waals surface area contributed by atoms with Crippen molar-refractivity contribution >= 4 is 5.82 Å². The predicted molar refractivity (Wildman–Crippen MR) is 59.4 cm³/mol. The van der Waals surface area contributed by atoms with Crippen LogP contribution in [0, 0.1) is 17.2 Å². The van der Waals surface area contributed by atoms with Gasteiger partial charge >= 0.3 is 0 Å². The molecule has 0 amide bonds. The number of anilines is 1. The lowest BCUT2D eigenvalue weighted by Crippen LogP contribution is -2.22. The van der Waals surface area contributed by atoms with E-state index in [4.69, 9.17) is 5.26 Å². The van der Waals surface area contributed by atoms with Crippen LogP contribution in [0.5, 0.6) is 0 Å². The first kappa shape index (κ1) is 9.97. The summed E-state index contributed by atoms with van der Waals surface area (Å²) in [6.45, 7) is 2.25. The minimum atomic E-state index is 0.479.